The molecule has 0 saturated heterocycles. The fourth-order valence-corrected chi connectivity index (χ4v) is 2.09. The molecule has 0 atom stereocenters. The number of nitrogens with one attached hydrogen (secondary N) is 1. The zero-order valence-corrected chi connectivity index (χ0v) is 10.9. The maximum absolute atomic E-state index is 12.6. The van der Waals surface area contributed by atoms with Crippen molar-refractivity contribution in [2.24, 2.45) is 0 Å². The van der Waals surface area contributed by atoms with Crippen molar-refractivity contribution in [2.45, 2.75) is 6.18 Å². The van der Waals surface area contributed by atoms with Gasteiger partial charge in [0.15, 0.2) is 0 Å². The lowest BCUT2D eigenvalue weighted by molar-refractivity contribution is -0.137. The van der Waals surface area contributed by atoms with Crippen molar-refractivity contribution in [1.82, 2.24) is 0 Å². The molecule has 2 rings (SSSR count). The topological polar surface area (TPSA) is 12.0 Å². The molecule has 0 radical (unpaired) electrons. The molecule has 0 aliphatic heterocycles. The minimum Gasteiger partial charge on any atom is -0.355 e. The van der Waals surface area contributed by atoms with Crippen molar-refractivity contribution in [3.63, 3.8) is 0 Å². The quantitative estimate of drug-likeness (QED) is 0.744. The van der Waals surface area contributed by atoms with Crippen molar-refractivity contribution in [3.05, 3.63) is 58.1 Å². The molecular formula is C13H8Cl2F3N. The molecule has 0 aromatic heterocycles. The van der Waals surface area contributed by atoms with Crippen LogP contribution in [0.5, 0.6) is 0 Å². The van der Waals surface area contributed by atoms with Crippen LogP contribution < -0.4 is 5.32 Å². The molecule has 0 amide bonds. The molecule has 6 heteroatoms. The summed E-state index contributed by atoms with van der Waals surface area (Å²) < 4.78 is 37.7. The molecule has 19 heavy (non-hydrogen) atoms. The van der Waals surface area contributed by atoms with Crippen LogP contribution in [0.25, 0.3) is 0 Å². The monoisotopic (exact) mass is 305 g/mol. The Morgan fingerprint density at radius 1 is 0.842 bits per heavy atom. The van der Waals surface area contributed by atoms with E-state index in [2.05, 4.69) is 5.32 Å². The zero-order valence-electron chi connectivity index (χ0n) is 9.43. The molecule has 100 valence electrons. The first-order chi connectivity index (χ1) is 8.84. The van der Waals surface area contributed by atoms with Gasteiger partial charge in [-0.25, -0.2) is 0 Å². The van der Waals surface area contributed by atoms with E-state index in [9.17, 15) is 13.2 Å². The van der Waals surface area contributed by atoms with E-state index >= 15 is 0 Å². The van der Waals surface area contributed by atoms with Crippen molar-refractivity contribution < 1.29 is 13.2 Å². The summed E-state index contributed by atoms with van der Waals surface area (Å²) in [6.07, 6.45) is -4.37. The van der Waals surface area contributed by atoms with E-state index in [4.69, 9.17) is 23.2 Å². The minimum atomic E-state index is -4.37. The number of halogens is 5. The maximum Gasteiger partial charge on any atom is 0.416 e. The Labute approximate surface area is 118 Å². The third-order valence-electron chi connectivity index (χ3n) is 2.34. The van der Waals surface area contributed by atoms with Crippen molar-refractivity contribution in [2.75, 3.05) is 5.32 Å². The minimum absolute atomic E-state index is 0.313. The number of benzene rings is 2. The third-order valence-corrected chi connectivity index (χ3v) is 2.78. The molecule has 2 aromatic carbocycles. The summed E-state index contributed by atoms with van der Waals surface area (Å²) in [4.78, 5) is 0. The Balaban J connectivity index is 2.28. The Morgan fingerprint density at radius 2 is 1.47 bits per heavy atom. The van der Waals surface area contributed by atoms with E-state index in [0.29, 0.717) is 21.4 Å². The summed E-state index contributed by atoms with van der Waals surface area (Å²) in [6, 6.07) is 9.59. The fourth-order valence-electron chi connectivity index (χ4n) is 1.57. The lowest BCUT2D eigenvalue weighted by Gasteiger charge is -2.11. The van der Waals surface area contributed by atoms with Gasteiger partial charge < -0.3 is 5.32 Å². The fraction of sp³-hybridized carbons (Fsp3) is 0.0769. The van der Waals surface area contributed by atoms with Crippen LogP contribution >= 0.6 is 23.2 Å². The number of hydrogen-bond acceptors (Lipinski definition) is 1. The summed E-state index contributed by atoms with van der Waals surface area (Å²) in [7, 11) is 0. The Kier molecular flexibility index (Phi) is 3.92. The van der Waals surface area contributed by atoms with Crippen molar-refractivity contribution >= 4 is 34.6 Å². The first kappa shape index (κ1) is 14.0. The van der Waals surface area contributed by atoms with Gasteiger partial charge in [0, 0.05) is 21.4 Å². The molecule has 1 N–H and O–H groups in total. The molecule has 0 spiro atoms. The van der Waals surface area contributed by atoms with Gasteiger partial charge in [-0.1, -0.05) is 29.3 Å². The van der Waals surface area contributed by atoms with E-state index in [0.717, 1.165) is 12.1 Å². The van der Waals surface area contributed by atoms with E-state index in [1.807, 2.05) is 0 Å². The number of rotatable bonds is 2. The van der Waals surface area contributed by atoms with Gasteiger partial charge in [-0.3, -0.25) is 0 Å². The number of alkyl halides is 3. The predicted molar refractivity (Wildman–Crippen MR) is 71.2 cm³/mol. The molecule has 0 fully saturated rings. The van der Waals surface area contributed by atoms with Crippen LogP contribution in [0.2, 0.25) is 10.0 Å². The zero-order chi connectivity index (χ0) is 14.0. The van der Waals surface area contributed by atoms with Crippen LogP contribution in [0.4, 0.5) is 24.5 Å². The molecule has 1 nitrogen and oxygen atoms in total. The number of hydrogen-bond donors (Lipinski definition) is 1. The third kappa shape index (κ3) is 3.78. The maximum atomic E-state index is 12.6. The van der Waals surface area contributed by atoms with Gasteiger partial charge in [-0.15, -0.1) is 0 Å². The summed E-state index contributed by atoms with van der Waals surface area (Å²) in [6.45, 7) is 0. The second-order valence-electron chi connectivity index (χ2n) is 3.86. The molecule has 2 aromatic rings. The van der Waals surface area contributed by atoms with E-state index in [1.54, 1.807) is 18.2 Å². The van der Waals surface area contributed by atoms with Crippen LogP contribution in [-0.2, 0) is 6.18 Å². The highest BCUT2D eigenvalue weighted by Gasteiger charge is 2.30. The molecule has 0 aliphatic carbocycles. The Bertz CT molecular complexity index is 576. The standard InChI is InChI=1S/C13H8Cl2F3N/c14-9-5-10(15)7-12(6-9)19-11-3-1-2-8(4-11)13(16,17)18/h1-7,19H. The molecule has 0 saturated carbocycles. The first-order valence-electron chi connectivity index (χ1n) is 5.25. The Hall–Kier alpha value is -1.39. The summed E-state index contributed by atoms with van der Waals surface area (Å²) in [5.74, 6) is 0. The highest BCUT2D eigenvalue weighted by Crippen LogP contribution is 2.32. The summed E-state index contributed by atoms with van der Waals surface area (Å²) >= 11 is 11.6. The molecule has 0 unspecified atom stereocenters. The molecular weight excluding hydrogens is 298 g/mol. The van der Waals surface area contributed by atoms with E-state index in [1.165, 1.54) is 12.1 Å². The van der Waals surface area contributed by atoms with Crippen LogP contribution in [-0.4, -0.2) is 0 Å². The van der Waals surface area contributed by atoms with Crippen LogP contribution in [0.15, 0.2) is 42.5 Å². The average Bonchev–Trinajstić information content (AvgIpc) is 2.26. The Morgan fingerprint density at radius 3 is 2.05 bits per heavy atom. The largest absolute Gasteiger partial charge is 0.416 e. The van der Waals surface area contributed by atoms with Gasteiger partial charge in [-0.2, -0.15) is 13.2 Å². The van der Waals surface area contributed by atoms with E-state index in [-0.39, 0.29) is 0 Å². The van der Waals surface area contributed by atoms with Gasteiger partial charge in [0.1, 0.15) is 0 Å². The van der Waals surface area contributed by atoms with Crippen LogP contribution in [0.1, 0.15) is 5.56 Å². The van der Waals surface area contributed by atoms with Gasteiger partial charge >= 0.3 is 6.18 Å². The second kappa shape index (κ2) is 5.31. The summed E-state index contributed by atoms with van der Waals surface area (Å²) in [5, 5.41) is 3.64. The van der Waals surface area contributed by atoms with Crippen LogP contribution in [0.3, 0.4) is 0 Å². The van der Waals surface area contributed by atoms with Crippen LogP contribution in [0, 0.1) is 0 Å². The second-order valence-corrected chi connectivity index (χ2v) is 4.73. The van der Waals surface area contributed by atoms with E-state index < -0.39 is 11.7 Å². The smallest absolute Gasteiger partial charge is 0.355 e. The molecule has 0 aliphatic rings. The predicted octanol–water partition coefficient (Wildman–Crippen LogP) is 5.76. The van der Waals surface area contributed by atoms with Gasteiger partial charge in [0.25, 0.3) is 0 Å². The van der Waals surface area contributed by atoms with Gasteiger partial charge in [0.05, 0.1) is 5.56 Å². The highest BCUT2D eigenvalue weighted by atomic mass is 35.5. The van der Waals surface area contributed by atoms with Gasteiger partial charge in [-0.05, 0) is 36.4 Å². The lowest BCUT2D eigenvalue weighted by atomic mass is 10.2. The highest BCUT2D eigenvalue weighted by molar-refractivity contribution is 6.35. The number of anilines is 2. The molecule has 0 bridgehead atoms. The average molecular weight is 306 g/mol. The van der Waals surface area contributed by atoms with Gasteiger partial charge in [0.2, 0.25) is 0 Å². The van der Waals surface area contributed by atoms with Crippen molar-refractivity contribution in [3.8, 4) is 0 Å². The normalized spacial score (nSPS) is 11.4. The first-order valence-corrected chi connectivity index (χ1v) is 6.00. The molecule has 0 heterocycles. The summed E-state index contributed by atoms with van der Waals surface area (Å²) in [5.41, 5.74) is 0.121. The lowest BCUT2D eigenvalue weighted by Crippen LogP contribution is -2.05. The SMILES string of the molecule is FC(F)(F)c1cccc(Nc2cc(Cl)cc(Cl)c2)c1. The van der Waals surface area contributed by atoms with Crippen molar-refractivity contribution in [1.29, 1.82) is 0 Å².